The molecular weight excluding hydrogens is 484 g/mol. The molecule has 0 saturated carbocycles. The lowest BCUT2D eigenvalue weighted by Crippen LogP contribution is -2.38. The first kappa shape index (κ1) is 25.6. The van der Waals surface area contributed by atoms with Crippen LogP contribution < -0.4 is 5.73 Å². The molecule has 2 heterocycles. The van der Waals surface area contributed by atoms with Gasteiger partial charge in [0.2, 0.25) is 0 Å². The minimum Gasteiger partial charge on any atom is -0.392 e. The van der Waals surface area contributed by atoms with Crippen molar-refractivity contribution in [2.24, 2.45) is 18.7 Å². The zero-order chi connectivity index (χ0) is 25.8. The number of aliphatic hydroxyl groups excluding tert-OH is 1. The molecule has 192 valence electrons. The average molecular weight is 517 g/mol. The van der Waals surface area contributed by atoms with E-state index in [1.807, 2.05) is 48.0 Å². The fraction of sp³-hybridized carbons (Fsp3) is 0.310. The molecule has 0 bridgehead atoms. The third kappa shape index (κ3) is 5.63. The molecule has 8 heteroatoms. The monoisotopic (exact) mass is 516 g/mol. The Morgan fingerprint density at radius 1 is 0.973 bits per heavy atom. The number of aryl methyl sites for hydroxylation is 1. The number of benzene rings is 3. The van der Waals surface area contributed by atoms with E-state index in [9.17, 15) is 5.11 Å². The molecule has 3 N–H and O–H groups in total. The SMILES string of the molecule is CC1C(CSc2nncn2C)OC(c2ccc(-c3ccccc3CN)cc2)OC1c1ccc(CO)cc1. The Hall–Kier alpha value is -3.01. The average Bonchev–Trinajstić information content (AvgIpc) is 3.37. The van der Waals surface area contributed by atoms with E-state index in [2.05, 4.69) is 53.5 Å². The van der Waals surface area contributed by atoms with Crippen LogP contribution >= 0.6 is 11.8 Å². The van der Waals surface area contributed by atoms with Crippen molar-refractivity contribution < 1.29 is 14.6 Å². The lowest BCUT2D eigenvalue weighted by Gasteiger charge is -2.41. The third-order valence-corrected chi connectivity index (χ3v) is 8.02. The van der Waals surface area contributed by atoms with Gasteiger partial charge in [-0.3, -0.25) is 0 Å². The molecular formula is C29H32N4O3S. The van der Waals surface area contributed by atoms with Gasteiger partial charge >= 0.3 is 0 Å². The van der Waals surface area contributed by atoms with Crippen molar-refractivity contribution in [3.8, 4) is 11.1 Å². The Bertz CT molecular complexity index is 1310. The molecule has 0 spiro atoms. The van der Waals surface area contributed by atoms with Crippen LogP contribution in [0.5, 0.6) is 0 Å². The van der Waals surface area contributed by atoms with Crippen LogP contribution in [0.1, 0.15) is 41.6 Å². The lowest BCUT2D eigenvalue weighted by atomic mass is 9.91. The standard InChI is InChI=1S/C29H32N4O3S/c1-19-26(17-37-29-32-31-18-33(29)2)35-28(36-27(19)22-9-7-20(16-34)8-10-22)23-13-11-21(12-14-23)25-6-4-3-5-24(25)15-30/h3-14,18-19,26-28,34H,15-17,30H2,1-2H3. The summed E-state index contributed by atoms with van der Waals surface area (Å²) in [6.45, 7) is 2.67. The van der Waals surface area contributed by atoms with E-state index in [4.69, 9.17) is 15.2 Å². The molecule has 7 nitrogen and oxygen atoms in total. The number of rotatable bonds is 8. The third-order valence-electron chi connectivity index (χ3n) is 6.90. The highest BCUT2D eigenvalue weighted by molar-refractivity contribution is 7.99. The molecule has 1 aromatic heterocycles. The van der Waals surface area contributed by atoms with Crippen molar-refractivity contribution >= 4 is 11.8 Å². The summed E-state index contributed by atoms with van der Waals surface area (Å²) in [6, 6.07) is 24.5. The molecule has 37 heavy (non-hydrogen) atoms. The van der Waals surface area contributed by atoms with Gasteiger partial charge in [0.05, 0.1) is 18.8 Å². The van der Waals surface area contributed by atoms with E-state index in [1.165, 1.54) is 0 Å². The zero-order valence-electron chi connectivity index (χ0n) is 21.0. The first-order valence-corrected chi connectivity index (χ1v) is 13.4. The summed E-state index contributed by atoms with van der Waals surface area (Å²) in [7, 11) is 1.94. The van der Waals surface area contributed by atoms with Gasteiger partial charge in [0.1, 0.15) is 6.33 Å². The van der Waals surface area contributed by atoms with Gasteiger partial charge in [0.25, 0.3) is 0 Å². The molecule has 1 saturated heterocycles. The summed E-state index contributed by atoms with van der Waals surface area (Å²) in [4.78, 5) is 0. The maximum absolute atomic E-state index is 9.47. The first-order chi connectivity index (χ1) is 18.1. The summed E-state index contributed by atoms with van der Waals surface area (Å²) < 4.78 is 15.0. The van der Waals surface area contributed by atoms with Crippen LogP contribution in [0.25, 0.3) is 11.1 Å². The molecule has 4 unspecified atom stereocenters. The number of aliphatic hydroxyl groups is 1. The second kappa shape index (κ2) is 11.6. The fourth-order valence-corrected chi connectivity index (χ4v) is 5.72. The van der Waals surface area contributed by atoms with Crippen molar-refractivity contribution in [2.45, 2.75) is 43.7 Å². The molecule has 0 amide bonds. The minimum atomic E-state index is -0.511. The van der Waals surface area contributed by atoms with E-state index in [1.54, 1.807) is 18.1 Å². The molecule has 1 fully saturated rings. The Kier molecular flexibility index (Phi) is 8.02. The number of ether oxygens (including phenoxy) is 2. The van der Waals surface area contributed by atoms with Crippen LogP contribution in [0.4, 0.5) is 0 Å². The Morgan fingerprint density at radius 3 is 2.38 bits per heavy atom. The van der Waals surface area contributed by atoms with E-state index >= 15 is 0 Å². The molecule has 1 aliphatic heterocycles. The Morgan fingerprint density at radius 2 is 1.70 bits per heavy atom. The van der Waals surface area contributed by atoms with E-state index in [-0.39, 0.29) is 24.7 Å². The minimum absolute atomic E-state index is 0.0176. The van der Waals surface area contributed by atoms with Crippen molar-refractivity contribution in [1.82, 2.24) is 14.8 Å². The lowest BCUT2D eigenvalue weighted by molar-refractivity contribution is -0.268. The van der Waals surface area contributed by atoms with Gasteiger partial charge in [-0.05, 0) is 27.8 Å². The molecule has 5 rings (SSSR count). The normalized spacial score (nSPS) is 21.7. The van der Waals surface area contributed by atoms with Crippen LogP contribution in [0.3, 0.4) is 0 Å². The summed E-state index contributed by atoms with van der Waals surface area (Å²) in [6.07, 6.45) is 0.965. The second-order valence-electron chi connectivity index (χ2n) is 9.34. The number of hydrogen-bond donors (Lipinski definition) is 2. The quantitative estimate of drug-likeness (QED) is 0.318. The van der Waals surface area contributed by atoms with E-state index in [0.29, 0.717) is 6.54 Å². The van der Waals surface area contributed by atoms with Crippen molar-refractivity contribution in [3.05, 3.63) is 101 Å². The van der Waals surface area contributed by atoms with Crippen molar-refractivity contribution in [2.75, 3.05) is 5.75 Å². The maximum Gasteiger partial charge on any atom is 0.190 e. The largest absolute Gasteiger partial charge is 0.392 e. The van der Waals surface area contributed by atoms with Crippen LogP contribution in [0.15, 0.2) is 84.3 Å². The topological polar surface area (TPSA) is 95.4 Å². The van der Waals surface area contributed by atoms with Crippen molar-refractivity contribution in [3.63, 3.8) is 0 Å². The summed E-state index contributed by atoms with van der Waals surface area (Å²) in [5.74, 6) is 0.827. The van der Waals surface area contributed by atoms with Gasteiger partial charge in [-0.1, -0.05) is 91.5 Å². The van der Waals surface area contributed by atoms with Crippen LogP contribution in [-0.4, -0.2) is 31.7 Å². The van der Waals surface area contributed by atoms with Crippen LogP contribution in [0, 0.1) is 5.92 Å². The predicted octanol–water partition coefficient (Wildman–Crippen LogP) is 5.02. The van der Waals surface area contributed by atoms with Crippen LogP contribution in [-0.2, 0) is 29.7 Å². The number of thioether (sulfide) groups is 1. The predicted molar refractivity (Wildman–Crippen MR) is 144 cm³/mol. The highest BCUT2D eigenvalue weighted by Gasteiger charge is 2.38. The first-order valence-electron chi connectivity index (χ1n) is 12.4. The summed E-state index contributed by atoms with van der Waals surface area (Å²) in [5.41, 5.74) is 12.2. The Balaban J connectivity index is 1.41. The van der Waals surface area contributed by atoms with Gasteiger partial charge in [-0.25, -0.2) is 0 Å². The number of nitrogens with two attached hydrogens (primary N) is 1. The van der Waals surface area contributed by atoms with E-state index in [0.717, 1.165) is 44.3 Å². The molecule has 4 aromatic rings. The number of nitrogens with zero attached hydrogens (tertiary/aromatic N) is 3. The molecule has 0 radical (unpaired) electrons. The number of aromatic nitrogens is 3. The molecule has 0 aliphatic carbocycles. The van der Waals surface area contributed by atoms with Gasteiger partial charge in [0, 0.05) is 30.8 Å². The molecule has 1 aliphatic rings. The maximum atomic E-state index is 9.47. The van der Waals surface area contributed by atoms with Crippen molar-refractivity contribution in [1.29, 1.82) is 0 Å². The zero-order valence-corrected chi connectivity index (χ0v) is 21.8. The van der Waals surface area contributed by atoms with E-state index < -0.39 is 6.29 Å². The fourth-order valence-electron chi connectivity index (χ4n) is 4.67. The summed E-state index contributed by atoms with van der Waals surface area (Å²) in [5, 5.41) is 18.5. The van der Waals surface area contributed by atoms with Gasteiger partial charge in [0.15, 0.2) is 11.4 Å². The number of hydrogen-bond acceptors (Lipinski definition) is 7. The van der Waals surface area contributed by atoms with Gasteiger partial charge in [-0.15, -0.1) is 10.2 Å². The highest BCUT2D eigenvalue weighted by Crippen LogP contribution is 2.43. The highest BCUT2D eigenvalue weighted by atomic mass is 32.2. The molecule has 3 aromatic carbocycles. The molecule has 4 atom stereocenters. The van der Waals surface area contributed by atoms with Crippen LogP contribution in [0.2, 0.25) is 0 Å². The summed E-state index contributed by atoms with van der Waals surface area (Å²) >= 11 is 1.63. The van der Waals surface area contributed by atoms with Gasteiger partial charge < -0.3 is 24.9 Å². The second-order valence-corrected chi connectivity index (χ2v) is 10.3. The Labute approximate surface area is 221 Å². The van der Waals surface area contributed by atoms with Gasteiger partial charge in [-0.2, -0.15) is 0 Å². The smallest absolute Gasteiger partial charge is 0.190 e.